The Kier molecular flexibility index (Phi) is 3.53. The molecular weight excluding hydrogens is 197 g/mol. The Balaban J connectivity index is 3.15. The quantitative estimate of drug-likeness (QED) is 0.593. The molecule has 0 amide bonds. The average Bonchev–Trinajstić information content (AvgIpc) is 2.14. The van der Waals surface area contributed by atoms with Gasteiger partial charge in [-0.3, -0.25) is 0 Å². The SMILES string of the molecule is Cc1cc(/C=C/C#N)cc([P+](=O)O)c1. The summed E-state index contributed by atoms with van der Waals surface area (Å²) < 4.78 is 10.8. The summed E-state index contributed by atoms with van der Waals surface area (Å²) in [5.74, 6) is 0. The third kappa shape index (κ3) is 2.77. The highest BCUT2D eigenvalue weighted by atomic mass is 31.1. The molecule has 0 heterocycles. The van der Waals surface area contributed by atoms with Crippen molar-refractivity contribution in [1.29, 1.82) is 5.26 Å². The fraction of sp³-hybridized carbons (Fsp3) is 0.100. The molecule has 1 atom stereocenters. The zero-order valence-corrected chi connectivity index (χ0v) is 8.53. The number of hydrogen-bond acceptors (Lipinski definition) is 2. The number of allylic oxidation sites excluding steroid dienone is 1. The topological polar surface area (TPSA) is 61.1 Å². The fourth-order valence-electron chi connectivity index (χ4n) is 1.13. The van der Waals surface area contributed by atoms with Crippen molar-refractivity contribution in [1.82, 2.24) is 0 Å². The van der Waals surface area contributed by atoms with E-state index in [9.17, 15) is 4.57 Å². The number of hydrogen-bond donors (Lipinski definition) is 1. The third-order valence-electron chi connectivity index (χ3n) is 1.66. The lowest BCUT2D eigenvalue weighted by Crippen LogP contribution is -1.97. The second-order valence-electron chi connectivity index (χ2n) is 2.84. The summed E-state index contributed by atoms with van der Waals surface area (Å²) in [4.78, 5) is 8.92. The molecule has 0 aliphatic heterocycles. The van der Waals surface area contributed by atoms with Crippen LogP contribution < -0.4 is 5.30 Å². The van der Waals surface area contributed by atoms with Gasteiger partial charge in [-0.2, -0.15) is 10.2 Å². The van der Waals surface area contributed by atoms with Gasteiger partial charge in [0.1, 0.15) is 0 Å². The van der Waals surface area contributed by atoms with Gasteiger partial charge in [-0.05, 0) is 34.8 Å². The van der Waals surface area contributed by atoms with Gasteiger partial charge in [-0.25, -0.2) is 0 Å². The van der Waals surface area contributed by atoms with Crippen molar-refractivity contribution in [3.8, 4) is 6.07 Å². The first kappa shape index (κ1) is 10.6. The van der Waals surface area contributed by atoms with Crippen LogP contribution >= 0.6 is 8.03 Å². The molecular formula is C10H9NO2P+. The van der Waals surface area contributed by atoms with Gasteiger partial charge in [-0.15, -0.1) is 0 Å². The van der Waals surface area contributed by atoms with Crippen molar-refractivity contribution in [2.75, 3.05) is 0 Å². The summed E-state index contributed by atoms with van der Waals surface area (Å²) in [5, 5.41) is 8.72. The molecule has 0 aromatic heterocycles. The summed E-state index contributed by atoms with van der Waals surface area (Å²) in [6.45, 7) is 1.84. The van der Waals surface area contributed by atoms with E-state index >= 15 is 0 Å². The smallest absolute Gasteiger partial charge is 0.193 e. The van der Waals surface area contributed by atoms with Crippen LogP contribution in [0.4, 0.5) is 0 Å². The monoisotopic (exact) mass is 206 g/mol. The lowest BCUT2D eigenvalue weighted by molar-refractivity contribution is 0.513. The molecule has 0 radical (unpaired) electrons. The van der Waals surface area contributed by atoms with E-state index in [1.54, 1.807) is 18.2 Å². The Bertz CT molecular complexity index is 432. The maximum absolute atomic E-state index is 10.8. The molecule has 0 saturated heterocycles. The number of rotatable bonds is 2. The maximum Gasteiger partial charge on any atom is 0.546 e. The Hall–Kier alpha value is -1.49. The van der Waals surface area contributed by atoms with E-state index in [2.05, 4.69) is 0 Å². The van der Waals surface area contributed by atoms with E-state index in [-0.39, 0.29) is 0 Å². The first-order valence-electron chi connectivity index (χ1n) is 3.97. The Labute approximate surface area is 83.2 Å². The lowest BCUT2D eigenvalue weighted by atomic mass is 10.1. The predicted octanol–water partition coefficient (Wildman–Crippen LogP) is 1.89. The van der Waals surface area contributed by atoms with Crippen LogP contribution in [0.15, 0.2) is 24.3 Å². The van der Waals surface area contributed by atoms with Gasteiger partial charge in [-0.1, -0.05) is 6.07 Å². The highest BCUT2D eigenvalue weighted by molar-refractivity contribution is 7.47. The molecule has 0 fully saturated rings. The largest absolute Gasteiger partial charge is 0.546 e. The van der Waals surface area contributed by atoms with E-state index in [1.165, 1.54) is 6.08 Å². The first-order valence-corrected chi connectivity index (χ1v) is 5.18. The first-order chi connectivity index (χ1) is 6.63. The zero-order valence-electron chi connectivity index (χ0n) is 7.64. The molecule has 14 heavy (non-hydrogen) atoms. The standard InChI is InChI=1S/C10H8NO2P/c1-8-5-9(3-2-4-11)7-10(6-8)14(12)13/h2-3,5-7H,1H3/p+1/b3-2+. The summed E-state index contributed by atoms with van der Waals surface area (Å²) in [5.41, 5.74) is 1.66. The molecule has 0 spiro atoms. The fourth-order valence-corrected chi connectivity index (χ4v) is 1.71. The Morgan fingerprint density at radius 3 is 2.79 bits per heavy atom. The van der Waals surface area contributed by atoms with Gasteiger partial charge in [0.2, 0.25) is 5.30 Å². The summed E-state index contributed by atoms with van der Waals surface area (Å²) in [6.07, 6.45) is 2.94. The van der Waals surface area contributed by atoms with Gasteiger partial charge in [0, 0.05) is 12.1 Å². The van der Waals surface area contributed by atoms with Crippen LogP contribution in [0.1, 0.15) is 11.1 Å². The van der Waals surface area contributed by atoms with E-state index in [1.807, 2.05) is 19.1 Å². The van der Waals surface area contributed by atoms with Crippen LogP contribution in [0.25, 0.3) is 6.08 Å². The molecule has 0 aliphatic rings. The summed E-state index contributed by atoms with van der Waals surface area (Å²) in [7, 11) is -2.31. The van der Waals surface area contributed by atoms with E-state index in [4.69, 9.17) is 10.2 Å². The number of nitrogens with zero attached hydrogens (tertiary/aromatic N) is 1. The minimum Gasteiger partial charge on any atom is -0.193 e. The van der Waals surface area contributed by atoms with Gasteiger partial charge in [0.25, 0.3) is 0 Å². The normalized spacial score (nSPS) is 11.4. The van der Waals surface area contributed by atoms with Crippen LogP contribution in [0, 0.1) is 18.3 Å². The molecule has 1 N–H and O–H groups in total. The van der Waals surface area contributed by atoms with Crippen molar-refractivity contribution in [3.05, 3.63) is 35.4 Å². The van der Waals surface area contributed by atoms with Crippen LogP contribution in [0.3, 0.4) is 0 Å². The van der Waals surface area contributed by atoms with Crippen molar-refractivity contribution < 1.29 is 9.46 Å². The molecule has 0 aliphatic carbocycles. The van der Waals surface area contributed by atoms with Crippen molar-refractivity contribution in [3.63, 3.8) is 0 Å². The molecule has 4 heteroatoms. The lowest BCUT2D eigenvalue weighted by Gasteiger charge is -1.94. The van der Waals surface area contributed by atoms with E-state index in [0.717, 1.165) is 11.1 Å². The molecule has 1 unspecified atom stereocenters. The maximum atomic E-state index is 10.8. The molecule has 1 aromatic carbocycles. The molecule has 1 aromatic rings. The van der Waals surface area contributed by atoms with Crippen molar-refractivity contribution >= 4 is 19.4 Å². The average molecular weight is 206 g/mol. The van der Waals surface area contributed by atoms with Gasteiger partial charge in [0.05, 0.1) is 6.07 Å². The van der Waals surface area contributed by atoms with E-state index < -0.39 is 8.03 Å². The molecule has 1 rings (SSSR count). The Morgan fingerprint density at radius 1 is 1.50 bits per heavy atom. The van der Waals surface area contributed by atoms with Crippen molar-refractivity contribution in [2.45, 2.75) is 6.92 Å². The highest BCUT2D eigenvalue weighted by Gasteiger charge is 2.16. The van der Waals surface area contributed by atoms with Gasteiger partial charge >= 0.3 is 8.03 Å². The highest BCUT2D eigenvalue weighted by Crippen LogP contribution is 2.16. The summed E-state index contributed by atoms with van der Waals surface area (Å²) in [6, 6.07) is 6.96. The van der Waals surface area contributed by atoms with Gasteiger partial charge in [0.15, 0.2) is 0 Å². The molecule has 0 bridgehead atoms. The van der Waals surface area contributed by atoms with Crippen LogP contribution in [-0.4, -0.2) is 4.89 Å². The number of benzene rings is 1. The second-order valence-corrected chi connectivity index (χ2v) is 3.90. The van der Waals surface area contributed by atoms with Crippen LogP contribution in [-0.2, 0) is 4.57 Å². The minimum absolute atomic E-state index is 0.387. The van der Waals surface area contributed by atoms with Crippen LogP contribution in [0.5, 0.6) is 0 Å². The summed E-state index contributed by atoms with van der Waals surface area (Å²) >= 11 is 0. The molecule has 0 saturated carbocycles. The molecule has 3 nitrogen and oxygen atoms in total. The molecule has 70 valence electrons. The second kappa shape index (κ2) is 4.66. The Morgan fingerprint density at radius 2 is 2.21 bits per heavy atom. The third-order valence-corrected chi connectivity index (χ3v) is 2.36. The minimum atomic E-state index is -2.31. The predicted molar refractivity (Wildman–Crippen MR) is 55.3 cm³/mol. The van der Waals surface area contributed by atoms with Crippen LogP contribution in [0.2, 0.25) is 0 Å². The number of aryl methyl sites for hydroxylation is 1. The van der Waals surface area contributed by atoms with Crippen molar-refractivity contribution in [2.24, 2.45) is 0 Å². The number of nitriles is 1. The van der Waals surface area contributed by atoms with E-state index in [0.29, 0.717) is 5.30 Å². The van der Waals surface area contributed by atoms with Gasteiger partial charge < -0.3 is 0 Å². The zero-order chi connectivity index (χ0) is 10.6.